The number of imidazole rings is 1. The van der Waals surface area contributed by atoms with Crippen LogP contribution < -0.4 is 10.2 Å². The van der Waals surface area contributed by atoms with Crippen molar-refractivity contribution in [3.63, 3.8) is 0 Å². The molecule has 0 radical (unpaired) electrons. The molecule has 10 nitrogen and oxygen atoms in total. The molecule has 6 heterocycles. The number of likely N-dealkylation sites (N-methyl/N-ethyl adjacent to an activating group) is 1. The summed E-state index contributed by atoms with van der Waals surface area (Å²) in [7, 11) is 2.15. The fraction of sp³-hybridized carbons (Fsp3) is 0.346. The lowest BCUT2D eigenvalue weighted by atomic mass is 10.1. The number of H-pyrrole nitrogens is 1. The number of aromatic amines is 1. The molecule has 1 aliphatic heterocycles. The van der Waals surface area contributed by atoms with Gasteiger partial charge in [-0.1, -0.05) is 0 Å². The highest BCUT2D eigenvalue weighted by atomic mass is 15.3. The summed E-state index contributed by atoms with van der Waals surface area (Å²) in [5.74, 6) is 2.47. The number of nitrogens with one attached hydrogen (secondary N) is 2. The van der Waals surface area contributed by atoms with E-state index in [-0.39, 0.29) is 0 Å². The standard InChI is InChI=1S/C26H30N10/c1-16(2)36-17(3)31-25-22(36)11-18(13-28-25)20-14-29-24-21(20)15-30-26(33-24)32-19-5-6-27-23(12-19)35-9-7-34(4)8-10-35/h5-6,11-16H,7-10H2,1-4H3,(H2,27,29,30,32,33). The van der Waals surface area contributed by atoms with Crippen LogP contribution >= 0.6 is 0 Å². The third kappa shape index (κ3) is 4.03. The van der Waals surface area contributed by atoms with Crippen molar-refractivity contribution in [3.05, 3.63) is 48.8 Å². The first-order valence-corrected chi connectivity index (χ1v) is 12.3. The lowest BCUT2D eigenvalue weighted by Crippen LogP contribution is -2.44. The molecule has 0 aliphatic carbocycles. The Morgan fingerprint density at radius 2 is 1.83 bits per heavy atom. The van der Waals surface area contributed by atoms with Crippen LogP contribution in [0.3, 0.4) is 0 Å². The molecular formula is C26H30N10. The van der Waals surface area contributed by atoms with Crippen LogP contribution in [-0.4, -0.2) is 72.6 Å². The van der Waals surface area contributed by atoms with E-state index in [9.17, 15) is 0 Å². The molecule has 0 bridgehead atoms. The summed E-state index contributed by atoms with van der Waals surface area (Å²) < 4.78 is 2.21. The zero-order valence-corrected chi connectivity index (χ0v) is 21.0. The number of piperazine rings is 1. The summed E-state index contributed by atoms with van der Waals surface area (Å²) in [6.45, 7) is 10.4. The predicted octanol–water partition coefficient (Wildman–Crippen LogP) is 4.15. The molecule has 184 valence electrons. The quantitative estimate of drug-likeness (QED) is 0.385. The van der Waals surface area contributed by atoms with Gasteiger partial charge in [0, 0.05) is 85.3 Å². The molecule has 2 N–H and O–H groups in total. The molecule has 5 aromatic rings. The molecule has 5 aromatic heterocycles. The van der Waals surface area contributed by atoms with Gasteiger partial charge < -0.3 is 24.7 Å². The first-order valence-electron chi connectivity index (χ1n) is 12.3. The van der Waals surface area contributed by atoms with Crippen LogP contribution in [0.2, 0.25) is 0 Å². The average Bonchev–Trinajstić information content (AvgIpc) is 3.44. The smallest absolute Gasteiger partial charge is 0.229 e. The van der Waals surface area contributed by atoms with E-state index in [1.54, 1.807) is 0 Å². The molecule has 1 saturated heterocycles. The topological polar surface area (TPSA) is 104 Å². The van der Waals surface area contributed by atoms with Crippen LogP contribution in [0.1, 0.15) is 25.7 Å². The molecule has 0 spiro atoms. The number of fused-ring (bicyclic) bond motifs is 2. The summed E-state index contributed by atoms with van der Waals surface area (Å²) in [6.07, 6.45) is 7.51. The lowest BCUT2D eigenvalue weighted by Gasteiger charge is -2.33. The Morgan fingerprint density at radius 3 is 2.64 bits per heavy atom. The summed E-state index contributed by atoms with van der Waals surface area (Å²) in [6, 6.07) is 6.44. The summed E-state index contributed by atoms with van der Waals surface area (Å²) in [5, 5.41) is 4.28. The Balaban J connectivity index is 1.27. The number of pyridine rings is 2. The highest BCUT2D eigenvalue weighted by Gasteiger charge is 2.17. The van der Waals surface area contributed by atoms with Gasteiger partial charge in [-0.2, -0.15) is 4.98 Å². The molecule has 1 aliphatic rings. The molecule has 6 rings (SSSR count). The van der Waals surface area contributed by atoms with Crippen LogP contribution in [0, 0.1) is 6.92 Å². The molecule has 0 saturated carbocycles. The van der Waals surface area contributed by atoms with Gasteiger partial charge in [0.1, 0.15) is 17.3 Å². The van der Waals surface area contributed by atoms with Crippen molar-refractivity contribution in [2.75, 3.05) is 43.4 Å². The van der Waals surface area contributed by atoms with Crippen LogP contribution in [0.15, 0.2) is 43.0 Å². The van der Waals surface area contributed by atoms with Crippen LogP contribution in [-0.2, 0) is 0 Å². The maximum atomic E-state index is 4.72. The Hall–Kier alpha value is -4.05. The van der Waals surface area contributed by atoms with Crippen molar-refractivity contribution in [2.24, 2.45) is 0 Å². The maximum Gasteiger partial charge on any atom is 0.229 e. The van der Waals surface area contributed by atoms with Crippen molar-refractivity contribution in [1.29, 1.82) is 0 Å². The van der Waals surface area contributed by atoms with Gasteiger partial charge in [-0.25, -0.2) is 19.9 Å². The summed E-state index contributed by atoms with van der Waals surface area (Å²) in [4.78, 5) is 31.1. The van der Waals surface area contributed by atoms with Crippen LogP contribution in [0.4, 0.5) is 17.5 Å². The number of aryl methyl sites for hydroxylation is 1. The van der Waals surface area contributed by atoms with E-state index in [1.165, 1.54) is 0 Å². The Kier molecular flexibility index (Phi) is 5.52. The van der Waals surface area contributed by atoms with Gasteiger partial charge in [0.05, 0.1) is 5.52 Å². The number of anilines is 3. The Morgan fingerprint density at radius 1 is 1.00 bits per heavy atom. The minimum Gasteiger partial charge on any atom is -0.354 e. The fourth-order valence-corrected chi connectivity index (χ4v) is 4.93. The minimum atomic E-state index is 0.303. The average molecular weight is 483 g/mol. The molecule has 0 aromatic carbocycles. The third-order valence-electron chi connectivity index (χ3n) is 6.81. The number of hydrogen-bond donors (Lipinski definition) is 2. The van der Waals surface area contributed by atoms with Gasteiger partial charge in [0.2, 0.25) is 5.95 Å². The summed E-state index contributed by atoms with van der Waals surface area (Å²) in [5.41, 5.74) is 5.50. The van der Waals surface area contributed by atoms with E-state index in [1.807, 2.05) is 37.8 Å². The predicted molar refractivity (Wildman–Crippen MR) is 143 cm³/mol. The second kappa shape index (κ2) is 8.87. The van der Waals surface area contributed by atoms with Gasteiger partial charge in [-0.05, 0) is 40.0 Å². The minimum absolute atomic E-state index is 0.303. The molecule has 0 unspecified atom stereocenters. The van der Waals surface area contributed by atoms with E-state index in [0.29, 0.717) is 12.0 Å². The third-order valence-corrected chi connectivity index (χ3v) is 6.81. The summed E-state index contributed by atoms with van der Waals surface area (Å²) >= 11 is 0. The first kappa shape index (κ1) is 22.4. The van der Waals surface area contributed by atoms with Crippen molar-refractivity contribution in [2.45, 2.75) is 26.8 Å². The van der Waals surface area contributed by atoms with Gasteiger partial charge in [0.25, 0.3) is 0 Å². The normalized spacial score (nSPS) is 14.9. The molecule has 10 heteroatoms. The van der Waals surface area contributed by atoms with Gasteiger partial charge >= 0.3 is 0 Å². The zero-order valence-electron chi connectivity index (χ0n) is 21.0. The zero-order chi connectivity index (χ0) is 24.8. The van der Waals surface area contributed by atoms with E-state index in [2.05, 4.69) is 77.6 Å². The van der Waals surface area contributed by atoms with Gasteiger partial charge in [-0.3, -0.25) is 0 Å². The monoisotopic (exact) mass is 482 g/mol. The first-order chi connectivity index (χ1) is 17.5. The second-order valence-electron chi connectivity index (χ2n) is 9.67. The number of hydrogen-bond acceptors (Lipinski definition) is 8. The highest BCUT2D eigenvalue weighted by molar-refractivity contribution is 5.95. The Bertz CT molecular complexity index is 1540. The van der Waals surface area contributed by atoms with E-state index in [0.717, 1.165) is 76.8 Å². The molecule has 1 fully saturated rings. The van der Waals surface area contributed by atoms with Crippen molar-refractivity contribution < 1.29 is 0 Å². The number of rotatable bonds is 5. The Labute approximate surface area is 209 Å². The molecule has 0 atom stereocenters. The highest BCUT2D eigenvalue weighted by Crippen LogP contribution is 2.31. The van der Waals surface area contributed by atoms with E-state index in [4.69, 9.17) is 4.98 Å². The number of nitrogens with zero attached hydrogens (tertiary/aromatic N) is 8. The van der Waals surface area contributed by atoms with Crippen molar-refractivity contribution in [3.8, 4) is 11.1 Å². The molecular weight excluding hydrogens is 452 g/mol. The van der Waals surface area contributed by atoms with Crippen molar-refractivity contribution >= 4 is 39.7 Å². The molecule has 0 amide bonds. The number of aromatic nitrogens is 7. The van der Waals surface area contributed by atoms with Crippen LogP contribution in [0.5, 0.6) is 0 Å². The van der Waals surface area contributed by atoms with E-state index < -0.39 is 0 Å². The second-order valence-corrected chi connectivity index (χ2v) is 9.67. The SMILES string of the molecule is Cc1nc2ncc(-c3c[nH]c4nc(Nc5ccnc(N6CCN(C)CC6)c5)ncc34)cc2n1C(C)C. The van der Waals surface area contributed by atoms with E-state index >= 15 is 0 Å². The van der Waals surface area contributed by atoms with Crippen molar-refractivity contribution in [1.82, 2.24) is 39.4 Å². The fourth-order valence-electron chi connectivity index (χ4n) is 4.93. The molecule has 36 heavy (non-hydrogen) atoms. The van der Waals surface area contributed by atoms with Gasteiger partial charge in [0.15, 0.2) is 5.65 Å². The lowest BCUT2D eigenvalue weighted by molar-refractivity contribution is 0.312. The largest absolute Gasteiger partial charge is 0.354 e. The van der Waals surface area contributed by atoms with Crippen LogP contribution in [0.25, 0.3) is 33.3 Å². The maximum absolute atomic E-state index is 4.72. The van der Waals surface area contributed by atoms with Gasteiger partial charge in [-0.15, -0.1) is 0 Å².